The van der Waals surface area contributed by atoms with Crippen molar-refractivity contribution in [2.75, 3.05) is 0 Å². The molecular weight excluding hydrogens is 617 g/mol. The number of hydrogen-bond acceptors (Lipinski definition) is 1. The van der Waals surface area contributed by atoms with Crippen molar-refractivity contribution in [1.29, 1.82) is 0 Å². The lowest BCUT2D eigenvalue weighted by atomic mass is 9.85. The highest BCUT2D eigenvalue weighted by atomic mass is 15.1. The summed E-state index contributed by atoms with van der Waals surface area (Å²) < 4.78 is 2.30. The maximum atomic E-state index is 4.93. The Morgan fingerprint density at radius 2 is 0.980 bits per heavy atom. The summed E-state index contributed by atoms with van der Waals surface area (Å²) in [6.45, 7) is 2.17. The number of aryl methyl sites for hydroxylation is 1. The second-order valence-electron chi connectivity index (χ2n) is 13.4. The van der Waals surface area contributed by atoms with Gasteiger partial charge in [0.15, 0.2) is 0 Å². The Morgan fingerprint density at radius 1 is 0.431 bits per heavy atom. The lowest BCUT2D eigenvalue weighted by Gasteiger charge is -2.19. The third-order valence-corrected chi connectivity index (χ3v) is 10.5. The van der Waals surface area contributed by atoms with Crippen LogP contribution in [0.15, 0.2) is 176 Å². The van der Waals surface area contributed by atoms with E-state index in [0.29, 0.717) is 0 Å². The van der Waals surface area contributed by atoms with Crippen LogP contribution in [0.1, 0.15) is 12.7 Å². The van der Waals surface area contributed by atoms with Gasteiger partial charge in [0.2, 0.25) is 0 Å². The highest BCUT2D eigenvalue weighted by molar-refractivity contribution is 6.22. The quantitative estimate of drug-likeness (QED) is 0.134. The first-order chi connectivity index (χ1) is 25.3. The number of aromatic nitrogens is 2. The number of imidazole rings is 1. The molecule has 0 aliphatic rings. The van der Waals surface area contributed by atoms with Crippen LogP contribution in [0.4, 0.5) is 0 Å². The maximum Gasteiger partial charge on any atom is 0.114 e. The van der Waals surface area contributed by atoms with Crippen LogP contribution >= 0.6 is 0 Å². The van der Waals surface area contributed by atoms with Gasteiger partial charge in [-0.05, 0) is 113 Å². The molecule has 9 aromatic carbocycles. The summed E-state index contributed by atoms with van der Waals surface area (Å²) >= 11 is 0. The minimum Gasteiger partial charge on any atom is -0.296 e. The molecule has 2 nitrogen and oxygen atoms in total. The molecule has 10 rings (SSSR count). The standard InChI is InChI=1S/C49H34N2/c1-2-47-50-45-22-12-13-23-46(45)51(47)36-28-26-33(27-29-36)48-39-18-8-10-20-41(39)49(42-21-11-9-19-40(42)48)35-25-24-34-30-43(32-14-4-3-5-15-32)37-16-6-7-17-38(37)44(34)31-35/h3-31H,2H2,1H3. The molecule has 0 fully saturated rings. The van der Waals surface area contributed by atoms with Crippen LogP contribution in [-0.4, -0.2) is 9.55 Å². The molecule has 0 aliphatic heterocycles. The molecule has 1 heterocycles. The Labute approximate surface area is 296 Å². The second-order valence-corrected chi connectivity index (χ2v) is 13.4. The highest BCUT2D eigenvalue weighted by Gasteiger charge is 2.18. The summed E-state index contributed by atoms with van der Waals surface area (Å²) in [5.74, 6) is 1.07. The molecule has 0 amide bonds. The lowest BCUT2D eigenvalue weighted by Crippen LogP contribution is -2.00. The summed E-state index contributed by atoms with van der Waals surface area (Å²) in [6.07, 6.45) is 0.867. The molecule has 0 saturated carbocycles. The van der Waals surface area contributed by atoms with Crippen molar-refractivity contribution in [3.8, 4) is 39.1 Å². The average molecular weight is 651 g/mol. The van der Waals surface area contributed by atoms with Gasteiger partial charge in [0, 0.05) is 12.1 Å². The first-order valence-corrected chi connectivity index (χ1v) is 17.8. The van der Waals surface area contributed by atoms with E-state index in [2.05, 4.69) is 187 Å². The minimum absolute atomic E-state index is 0.867. The van der Waals surface area contributed by atoms with Crippen molar-refractivity contribution >= 4 is 54.1 Å². The third kappa shape index (κ3) is 4.68. The molecule has 0 spiro atoms. The van der Waals surface area contributed by atoms with Crippen LogP contribution in [-0.2, 0) is 6.42 Å². The summed E-state index contributed by atoms with van der Waals surface area (Å²) in [4.78, 5) is 4.93. The van der Waals surface area contributed by atoms with Crippen LogP contribution in [0.3, 0.4) is 0 Å². The van der Waals surface area contributed by atoms with Crippen molar-refractivity contribution < 1.29 is 0 Å². The van der Waals surface area contributed by atoms with Gasteiger partial charge in [-0.1, -0.05) is 146 Å². The molecule has 0 saturated heterocycles. The Bertz CT molecular complexity index is 2880. The normalized spacial score (nSPS) is 11.7. The number of benzene rings is 9. The molecule has 51 heavy (non-hydrogen) atoms. The molecule has 0 N–H and O–H groups in total. The van der Waals surface area contributed by atoms with Gasteiger partial charge in [-0.25, -0.2) is 4.98 Å². The highest BCUT2D eigenvalue weighted by Crippen LogP contribution is 2.45. The van der Waals surface area contributed by atoms with Crippen molar-refractivity contribution in [3.63, 3.8) is 0 Å². The molecule has 1 aromatic heterocycles. The van der Waals surface area contributed by atoms with Gasteiger partial charge < -0.3 is 0 Å². The van der Waals surface area contributed by atoms with Crippen molar-refractivity contribution in [3.05, 3.63) is 182 Å². The van der Waals surface area contributed by atoms with E-state index in [1.807, 2.05) is 0 Å². The molecule has 0 aliphatic carbocycles. The van der Waals surface area contributed by atoms with Crippen molar-refractivity contribution in [1.82, 2.24) is 9.55 Å². The smallest absolute Gasteiger partial charge is 0.114 e. The first-order valence-electron chi connectivity index (χ1n) is 17.8. The maximum absolute atomic E-state index is 4.93. The van der Waals surface area contributed by atoms with E-state index in [4.69, 9.17) is 4.98 Å². The lowest BCUT2D eigenvalue weighted by molar-refractivity contribution is 0.908. The molecule has 0 radical (unpaired) electrons. The van der Waals surface area contributed by atoms with Gasteiger partial charge in [-0.15, -0.1) is 0 Å². The van der Waals surface area contributed by atoms with E-state index < -0.39 is 0 Å². The van der Waals surface area contributed by atoms with Crippen LogP contribution in [0, 0.1) is 0 Å². The van der Waals surface area contributed by atoms with Crippen LogP contribution < -0.4 is 0 Å². The number of hydrogen-bond donors (Lipinski definition) is 0. The zero-order valence-electron chi connectivity index (χ0n) is 28.3. The van der Waals surface area contributed by atoms with E-state index >= 15 is 0 Å². The Balaban J connectivity index is 1.18. The first kappa shape index (κ1) is 29.4. The third-order valence-electron chi connectivity index (χ3n) is 10.5. The molecule has 0 unspecified atom stereocenters. The van der Waals surface area contributed by atoms with E-state index in [1.54, 1.807) is 0 Å². The van der Waals surface area contributed by atoms with Crippen molar-refractivity contribution in [2.24, 2.45) is 0 Å². The van der Waals surface area contributed by atoms with E-state index in [-0.39, 0.29) is 0 Å². The van der Waals surface area contributed by atoms with E-state index in [1.165, 1.54) is 76.5 Å². The Morgan fingerprint density at radius 3 is 1.65 bits per heavy atom. The predicted octanol–water partition coefficient (Wildman–Crippen LogP) is 13.2. The molecular formula is C49H34N2. The largest absolute Gasteiger partial charge is 0.296 e. The van der Waals surface area contributed by atoms with Crippen LogP contribution in [0.5, 0.6) is 0 Å². The fraction of sp³-hybridized carbons (Fsp3) is 0.0408. The zero-order valence-corrected chi connectivity index (χ0v) is 28.3. The van der Waals surface area contributed by atoms with Crippen LogP contribution in [0.25, 0.3) is 93.2 Å². The van der Waals surface area contributed by atoms with Crippen molar-refractivity contribution in [2.45, 2.75) is 13.3 Å². The number of rotatable bonds is 5. The second kappa shape index (κ2) is 11.8. The molecule has 0 atom stereocenters. The summed E-state index contributed by atoms with van der Waals surface area (Å²) in [5.41, 5.74) is 10.8. The van der Waals surface area contributed by atoms with Crippen LogP contribution in [0.2, 0.25) is 0 Å². The zero-order chi connectivity index (χ0) is 33.9. The monoisotopic (exact) mass is 650 g/mol. The molecule has 0 bridgehead atoms. The van der Waals surface area contributed by atoms with Gasteiger partial charge >= 0.3 is 0 Å². The minimum atomic E-state index is 0.867. The molecule has 240 valence electrons. The topological polar surface area (TPSA) is 17.8 Å². The van der Waals surface area contributed by atoms with E-state index in [9.17, 15) is 0 Å². The van der Waals surface area contributed by atoms with Gasteiger partial charge in [0.25, 0.3) is 0 Å². The van der Waals surface area contributed by atoms with Gasteiger partial charge in [0.1, 0.15) is 5.82 Å². The summed E-state index contributed by atoms with van der Waals surface area (Å²) in [5, 5.41) is 10.1. The van der Waals surface area contributed by atoms with Gasteiger partial charge in [0.05, 0.1) is 11.0 Å². The fourth-order valence-electron chi connectivity index (χ4n) is 8.24. The predicted molar refractivity (Wildman–Crippen MR) is 217 cm³/mol. The number of para-hydroxylation sites is 2. The molecule has 2 heteroatoms. The molecule has 10 aromatic rings. The number of fused-ring (bicyclic) bond motifs is 6. The van der Waals surface area contributed by atoms with Gasteiger partial charge in [-0.2, -0.15) is 0 Å². The Kier molecular flexibility index (Phi) is 6.82. The summed E-state index contributed by atoms with van der Waals surface area (Å²) in [7, 11) is 0. The van der Waals surface area contributed by atoms with Gasteiger partial charge in [-0.3, -0.25) is 4.57 Å². The SMILES string of the molecule is CCc1nc2ccccc2n1-c1ccc(-c2c3ccccc3c(-c3ccc4cc(-c5ccccc5)c5ccccc5c4c3)c3ccccc23)cc1. The Hall–Kier alpha value is -6.51. The summed E-state index contributed by atoms with van der Waals surface area (Å²) in [6, 6.07) is 64.3. The average Bonchev–Trinajstić information content (AvgIpc) is 3.59. The number of nitrogens with zero attached hydrogens (tertiary/aromatic N) is 2. The van der Waals surface area contributed by atoms with E-state index in [0.717, 1.165) is 29.0 Å². The fourth-order valence-corrected chi connectivity index (χ4v) is 8.24.